The Balaban J connectivity index is 2.91. The molecule has 0 unspecified atom stereocenters. The Morgan fingerprint density at radius 2 is 2.00 bits per heavy atom. The molecule has 0 atom stereocenters. The number of carbonyl (C=O) groups excluding carboxylic acids is 1. The lowest BCUT2D eigenvalue weighted by molar-refractivity contribution is -0.140. The van der Waals surface area contributed by atoms with Crippen molar-refractivity contribution in [2.75, 3.05) is 26.4 Å². The van der Waals surface area contributed by atoms with Crippen LogP contribution in [-0.2, 0) is 19.6 Å². The second kappa shape index (κ2) is 7.31. The Bertz CT molecular complexity index is 634. The number of methoxy groups -OCH3 is 1. The minimum absolute atomic E-state index is 0.0161. The fourth-order valence-electron chi connectivity index (χ4n) is 1.58. The van der Waals surface area contributed by atoms with E-state index in [1.165, 1.54) is 26.3 Å². The summed E-state index contributed by atoms with van der Waals surface area (Å²) in [5, 5.41) is 0.0783. The molecule has 0 spiro atoms. The molecule has 0 aliphatic carbocycles. The molecule has 0 aliphatic rings. The van der Waals surface area contributed by atoms with Crippen LogP contribution >= 0.6 is 23.2 Å². The van der Waals surface area contributed by atoms with Crippen molar-refractivity contribution < 1.29 is 17.9 Å². The number of ether oxygens (including phenoxy) is 1. The number of benzene rings is 1. The van der Waals surface area contributed by atoms with Crippen LogP contribution in [0.15, 0.2) is 17.0 Å². The molecule has 0 amide bonds. The summed E-state index contributed by atoms with van der Waals surface area (Å²) in [4.78, 5) is 10.9. The second-order valence-electron chi connectivity index (χ2n) is 4.28. The van der Waals surface area contributed by atoms with Crippen molar-refractivity contribution in [2.45, 2.75) is 17.7 Å². The van der Waals surface area contributed by atoms with Gasteiger partial charge in [-0.05, 0) is 18.6 Å². The van der Waals surface area contributed by atoms with Crippen LogP contribution in [0.2, 0.25) is 10.0 Å². The summed E-state index contributed by atoms with van der Waals surface area (Å²) < 4.78 is 30.4. The number of rotatable bonds is 6. The molecule has 0 saturated carbocycles. The smallest absolute Gasteiger partial charge is 0.305 e. The number of esters is 1. The first-order valence-corrected chi connectivity index (χ1v) is 8.18. The zero-order valence-electron chi connectivity index (χ0n) is 11.6. The summed E-state index contributed by atoms with van der Waals surface area (Å²) in [5.41, 5.74) is 5.65. The number of carbonyl (C=O) groups is 1. The van der Waals surface area contributed by atoms with E-state index in [1.807, 2.05) is 0 Å². The molecule has 0 fully saturated rings. The normalized spacial score (nSPS) is 11.7. The molecule has 0 aliphatic heterocycles. The number of halogens is 2. The second-order valence-corrected chi connectivity index (χ2v) is 7.08. The molecule has 21 heavy (non-hydrogen) atoms. The number of hydrogen-bond acceptors (Lipinski definition) is 5. The number of nitrogen functional groups attached to an aromatic ring is 1. The van der Waals surface area contributed by atoms with Crippen LogP contribution in [0.4, 0.5) is 5.69 Å². The highest BCUT2D eigenvalue weighted by molar-refractivity contribution is 7.89. The summed E-state index contributed by atoms with van der Waals surface area (Å²) in [6, 6.07) is 2.67. The predicted octanol–water partition coefficient (Wildman–Crippen LogP) is 2.15. The van der Waals surface area contributed by atoms with Crippen molar-refractivity contribution in [3.8, 4) is 0 Å². The summed E-state index contributed by atoms with van der Waals surface area (Å²) in [5.74, 6) is -0.394. The molecule has 1 aromatic rings. The maximum absolute atomic E-state index is 12.4. The Labute approximate surface area is 133 Å². The molecule has 9 heteroatoms. The third-order valence-electron chi connectivity index (χ3n) is 2.86. The fraction of sp³-hybridized carbons (Fsp3) is 0.417. The highest BCUT2D eigenvalue weighted by Gasteiger charge is 2.25. The zero-order valence-corrected chi connectivity index (χ0v) is 13.9. The van der Waals surface area contributed by atoms with E-state index in [1.54, 1.807) is 0 Å². The highest BCUT2D eigenvalue weighted by atomic mass is 35.5. The van der Waals surface area contributed by atoms with Crippen molar-refractivity contribution in [1.29, 1.82) is 0 Å². The fourth-order valence-corrected chi connectivity index (χ4v) is 3.53. The molecule has 0 saturated heterocycles. The van der Waals surface area contributed by atoms with Crippen molar-refractivity contribution in [1.82, 2.24) is 4.31 Å². The van der Waals surface area contributed by atoms with Gasteiger partial charge in [-0.3, -0.25) is 4.79 Å². The number of hydrogen-bond donors (Lipinski definition) is 1. The topological polar surface area (TPSA) is 89.7 Å². The van der Waals surface area contributed by atoms with Gasteiger partial charge < -0.3 is 10.5 Å². The summed E-state index contributed by atoms with van der Waals surface area (Å²) in [6.45, 7) is 0.149. The van der Waals surface area contributed by atoms with Gasteiger partial charge in [0.05, 0.1) is 22.8 Å². The van der Waals surface area contributed by atoms with Crippen LogP contribution in [0.25, 0.3) is 0 Å². The molecule has 2 N–H and O–H groups in total. The summed E-state index contributed by atoms with van der Waals surface area (Å²) in [7, 11) is -1.13. The first kappa shape index (κ1) is 18.0. The van der Waals surface area contributed by atoms with Crippen LogP contribution in [-0.4, -0.2) is 39.4 Å². The van der Waals surface area contributed by atoms with Gasteiger partial charge in [-0.25, -0.2) is 12.7 Å². The number of nitrogens with zero attached hydrogens (tertiary/aromatic N) is 1. The average molecular weight is 355 g/mol. The van der Waals surface area contributed by atoms with E-state index < -0.39 is 16.0 Å². The van der Waals surface area contributed by atoms with Gasteiger partial charge in [0, 0.05) is 20.0 Å². The number of nitrogens with two attached hydrogens (primary N) is 1. The van der Waals surface area contributed by atoms with Crippen LogP contribution in [0, 0.1) is 0 Å². The maximum atomic E-state index is 12.4. The lowest BCUT2D eigenvalue weighted by Gasteiger charge is -2.18. The van der Waals surface area contributed by atoms with Crippen LogP contribution < -0.4 is 5.73 Å². The summed E-state index contributed by atoms with van der Waals surface area (Å²) >= 11 is 11.7. The molecule has 1 aromatic carbocycles. The first-order chi connectivity index (χ1) is 9.71. The lowest BCUT2D eigenvalue weighted by atomic mass is 10.3. The van der Waals surface area contributed by atoms with E-state index in [4.69, 9.17) is 28.9 Å². The van der Waals surface area contributed by atoms with E-state index in [9.17, 15) is 13.2 Å². The standard InChI is InChI=1S/C12H16Cl2N2O4S/c1-16(7-3-4-10(17)20-2)21(18,19)9-6-5-8(13)12(15)11(9)14/h5-6H,3-4,7,15H2,1-2H3. The molecule has 0 radical (unpaired) electrons. The first-order valence-electron chi connectivity index (χ1n) is 5.98. The molecule has 0 heterocycles. The van der Waals surface area contributed by atoms with E-state index in [-0.39, 0.29) is 33.6 Å². The van der Waals surface area contributed by atoms with Gasteiger partial charge >= 0.3 is 5.97 Å². The maximum Gasteiger partial charge on any atom is 0.305 e. The van der Waals surface area contributed by atoms with Gasteiger partial charge in [0.15, 0.2) is 0 Å². The van der Waals surface area contributed by atoms with Gasteiger partial charge in [-0.1, -0.05) is 23.2 Å². The Morgan fingerprint density at radius 1 is 1.38 bits per heavy atom. The molecule has 0 aromatic heterocycles. The molecular formula is C12H16Cl2N2O4S. The van der Waals surface area contributed by atoms with Crippen LogP contribution in [0.3, 0.4) is 0 Å². The van der Waals surface area contributed by atoms with Crippen molar-refractivity contribution in [2.24, 2.45) is 0 Å². The molecule has 118 valence electrons. The molecule has 6 nitrogen and oxygen atoms in total. The minimum Gasteiger partial charge on any atom is -0.469 e. The lowest BCUT2D eigenvalue weighted by Crippen LogP contribution is -2.28. The van der Waals surface area contributed by atoms with Gasteiger partial charge in [0.25, 0.3) is 0 Å². The largest absolute Gasteiger partial charge is 0.469 e. The van der Waals surface area contributed by atoms with E-state index in [2.05, 4.69) is 4.74 Å². The Kier molecular flexibility index (Phi) is 6.27. The molecule has 1 rings (SSSR count). The quantitative estimate of drug-likeness (QED) is 0.624. The van der Waals surface area contributed by atoms with Crippen molar-refractivity contribution in [3.63, 3.8) is 0 Å². The highest BCUT2D eigenvalue weighted by Crippen LogP contribution is 2.34. The minimum atomic E-state index is -3.80. The van der Waals surface area contributed by atoms with E-state index in [0.29, 0.717) is 6.42 Å². The zero-order chi connectivity index (χ0) is 16.2. The monoisotopic (exact) mass is 354 g/mol. The average Bonchev–Trinajstić information content (AvgIpc) is 2.44. The van der Waals surface area contributed by atoms with Gasteiger partial charge in [0.2, 0.25) is 10.0 Å². The van der Waals surface area contributed by atoms with Crippen molar-refractivity contribution in [3.05, 3.63) is 22.2 Å². The van der Waals surface area contributed by atoms with Gasteiger partial charge in [0.1, 0.15) is 4.90 Å². The Morgan fingerprint density at radius 3 is 2.57 bits per heavy atom. The molecule has 0 bridgehead atoms. The molecular weight excluding hydrogens is 339 g/mol. The Hall–Kier alpha value is -1.02. The number of anilines is 1. The van der Waals surface area contributed by atoms with Crippen LogP contribution in [0.5, 0.6) is 0 Å². The van der Waals surface area contributed by atoms with E-state index in [0.717, 1.165) is 4.31 Å². The summed E-state index contributed by atoms with van der Waals surface area (Å²) in [6.07, 6.45) is 0.468. The van der Waals surface area contributed by atoms with Gasteiger partial charge in [-0.2, -0.15) is 0 Å². The third kappa shape index (κ3) is 4.23. The predicted molar refractivity (Wildman–Crippen MR) is 81.9 cm³/mol. The number of sulfonamides is 1. The van der Waals surface area contributed by atoms with E-state index >= 15 is 0 Å². The van der Waals surface area contributed by atoms with Crippen molar-refractivity contribution >= 4 is 44.9 Å². The van der Waals surface area contributed by atoms with Crippen LogP contribution in [0.1, 0.15) is 12.8 Å². The van der Waals surface area contributed by atoms with Gasteiger partial charge in [-0.15, -0.1) is 0 Å². The third-order valence-corrected chi connectivity index (χ3v) is 5.61. The SMILES string of the molecule is COC(=O)CCCN(C)S(=O)(=O)c1ccc(Cl)c(N)c1Cl.